The molecule has 0 aromatic carbocycles. The molecule has 2 aliphatic heterocycles. The number of piperidine rings is 2. The van der Waals surface area contributed by atoms with E-state index in [0.29, 0.717) is 24.0 Å². The maximum Gasteiger partial charge on any atom is 0.320 e. The summed E-state index contributed by atoms with van der Waals surface area (Å²) >= 11 is 0. The highest BCUT2D eigenvalue weighted by molar-refractivity contribution is 5.75. The summed E-state index contributed by atoms with van der Waals surface area (Å²) in [5.74, 6) is 1.43. The lowest BCUT2D eigenvalue weighted by Gasteiger charge is -2.43. The third-order valence-electron chi connectivity index (χ3n) is 6.01. The lowest BCUT2D eigenvalue weighted by molar-refractivity contribution is 0.0837. The Morgan fingerprint density at radius 2 is 1.83 bits per heavy atom. The largest absolute Gasteiger partial charge is 0.324 e. The molecule has 3 fully saturated rings. The van der Waals surface area contributed by atoms with Gasteiger partial charge in [-0.15, -0.1) is 10.2 Å². The normalized spacial score (nSPS) is 31.3. The second kappa shape index (κ2) is 6.37. The molecule has 4 rings (SSSR count). The van der Waals surface area contributed by atoms with Gasteiger partial charge < -0.3 is 14.4 Å². The van der Waals surface area contributed by atoms with Crippen LogP contribution in [-0.2, 0) is 0 Å². The molecule has 6 nitrogen and oxygen atoms in total. The summed E-state index contributed by atoms with van der Waals surface area (Å²) in [5, 5.41) is 8.54. The van der Waals surface area contributed by atoms with Gasteiger partial charge in [-0.25, -0.2) is 4.79 Å². The lowest BCUT2D eigenvalue weighted by Crippen LogP contribution is -2.54. The predicted molar refractivity (Wildman–Crippen MR) is 91.9 cm³/mol. The summed E-state index contributed by atoms with van der Waals surface area (Å²) in [4.78, 5) is 17.3. The van der Waals surface area contributed by atoms with E-state index in [4.69, 9.17) is 0 Å². The number of rotatable bonds is 2. The minimum Gasteiger partial charge on any atom is -0.324 e. The van der Waals surface area contributed by atoms with Gasteiger partial charge >= 0.3 is 6.03 Å². The maximum absolute atomic E-state index is 13.1. The molecule has 24 heavy (non-hydrogen) atoms. The zero-order chi connectivity index (χ0) is 16.7. The van der Waals surface area contributed by atoms with Gasteiger partial charge in [-0.1, -0.05) is 0 Å². The number of likely N-dealkylation sites (tertiary alicyclic amines) is 2. The Morgan fingerprint density at radius 1 is 1.08 bits per heavy atom. The van der Waals surface area contributed by atoms with Crippen LogP contribution in [0.15, 0.2) is 6.33 Å². The van der Waals surface area contributed by atoms with Crippen molar-refractivity contribution in [2.45, 2.75) is 82.8 Å². The first-order valence-electron chi connectivity index (χ1n) is 9.61. The van der Waals surface area contributed by atoms with E-state index in [0.717, 1.165) is 44.6 Å². The number of amides is 2. The molecule has 2 amide bonds. The van der Waals surface area contributed by atoms with E-state index in [1.165, 1.54) is 19.3 Å². The predicted octanol–water partition coefficient (Wildman–Crippen LogP) is 3.18. The first-order chi connectivity index (χ1) is 11.6. The van der Waals surface area contributed by atoms with E-state index < -0.39 is 0 Å². The first kappa shape index (κ1) is 15.9. The van der Waals surface area contributed by atoms with Crippen molar-refractivity contribution in [3.63, 3.8) is 0 Å². The van der Waals surface area contributed by atoms with Crippen LogP contribution in [0.1, 0.15) is 76.6 Å². The van der Waals surface area contributed by atoms with Crippen molar-refractivity contribution in [1.82, 2.24) is 24.6 Å². The number of carbonyl (C=O) groups is 1. The molecule has 1 aromatic rings. The van der Waals surface area contributed by atoms with Crippen LogP contribution in [0.4, 0.5) is 4.79 Å². The van der Waals surface area contributed by atoms with E-state index in [9.17, 15) is 4.79 Å². The van der Waals surface area contributed by atoms with Gasteiger partial charge in [-0.05, 0) is 58.8 Å². The second-order valence-corrected chi connectivity index (χ2v) is 7.93. The molecule has 3 heterocycles. The van der Waals surface area contributed by atoms with Crippen molar-refractivity contribution in [2.24, 2.45) is 0 Å². The molecule has 0 bridgehead atoms. The van der Waals surface area contributed by atoms with E-state index in [-0.39, 0.29) is 6.03 Å². The van der Waals surface area contributed by atoms with Crippen LogP contribution in [0, 0.1) is 0 Å². The van der Waals surface area contributed by atoms with Gasteiger partial charge in [-0.3, -0.25) is 0 Å². The Kier molecular flexibility index (Phi) is 4.22. The van der Waals surface area contributed by atoms with Crippen molar-refractivity contribution < 1.29 is 4.79 Å². The van der Waals surface area contributed by atoms with Crippen LogP contribution in [0.2, 0.25) is 0 Å². The fraction of sp³-hybridized carbons (Fsp3) is 0.833. The molecular weight excluding hydrogens is 302 g/mol. The minimum atomic E-state index is 0.233. The highest BCUT2D eigenvalue weighted by Gasteiger charge is 2.36. The first-order valence-corrected chi connectivity index (χ1v) is 9.61. The average Bonchev–Trinajstić information content (AvgIpc) is 3.31. The number of hydrogen-bond donors (Lipinski definition) is 0. The standard InChI is InChI=1S/C18H29N5O/c1-13-5-3-6-14(2)23(13)18(24)21-10-4-7-15(11-21)17-20-19-12-22(17)16-8-9-16/h12-16H,3-11H2,1-2H3/t13-,14-,15-/m1/s1. The zero-order valence-electron chi connectivity index (χ0n) is 14.9. The van der Waals surface area contributed by atoms with Crippen molar-refractivity contribution >= 4 is 6.03 Å². The summed E-state index contributed by atoms with van der Waals surface area (Å²) in [6.07, 6.45) is 10.0. The van der Waals surface area contributed by atoms with Crippen LogP contribution in [0.3, 0.4) is 0 Å². The van der Waals surface area contributed by atoms with Gasteiger partial charge in [0.15, 0.2) is 0 Å². The summed E-state index contributed by atoms with van der Waals surface area (Å²) in [6.45, 7) is 6.06. The minimum absolute atomic E-state index is 0.233. The Bertz CT molecular complexity index is 586. The Balaban J connectivity index is 1.48. The zero-order valence-corrected chi connectivity index (χ0v) is 14.9. The van der Waals surface area contributed by atoms with Crippen molar-refractivity contribution in [3.05, 3.63) is 12.2 Å². The third kappa shape index (κ3) is 2.91. The molecule has 1 saturated carbocycles. The molecule has 3 aliphatic rings. The molecule has 0 radical (unpaired) electrons. The fourth-order valence-corrected chi connectivity index (χ4v) is 4.50. The lowest BCUT2D eigenvalue weighted by atomic mass is 9.95. The Labute approximate surface area is 144 Å². The monoisotopic (exact) mass is 331 g/mol. The van der Waals surface area contributed by atoms with Crippen molar-refractivity contribution in [1.29, 1.82) is 0 Å². The third-order valence-corrected chi connectivity index (χ3v) is 6.01. The molecule has 6 heteroatoms. The highest BCUT2D eigenvalue weighted by Crippen LogP contribution is 2.38. The van der Waals surface area contributed by atoms with Crippen molar-refractivity contribution in [2.75, 3.05) is 13.1 Å². The van der Waals surface area contributed by atoms with E-state index >= 15 is 0 Å². The smallest absolute Gasteiger partial charge is 0.320 e. The van der Waals surface area contributed by atoms with Crippen LogP contribution in [0.25, 0.3) is 0 Å². The van der Waals surface area contributed by atoms with Gasteiger partial charge in [0.1, 0.15) is 12.2 Å². The number of urea groups is 1. The van der Waals surface area contributed by atoms with Gasteiger partial charge in [0.05, 0.1) is 0 Å². The molecule has 0 N–H and O–H groups in total. The van der Waals surface area contributed by atoms with Crippen molar-refractivity contribution in [3.8, 4) is 0 Å². The summed E-state index contributed by atoms with van der Waals surface area (Å²) in [5.41, 5.74) is 0. The van der Waals surface area contributed by atoms with Gasteiger partial charge in [0, 0.05) is 37.1 Å². The number of carbonyl (C=O) groups excluding carboxylic acids is 1. The quantitative estimate of drug-likeness (QED) is 0.836. The number of nitrogens with zero attached hydrogens (tertiary/aromatic N) is 5. The van der Waals surface area contributed by atoms with Crippen LogP contribution in [-0.4, -0.2) is 55.8 Å². The molecule has 0 spiro atoms. The van der Waals surface area contributed by atoms with Crippen LogP contribution >= 0.6 is 0 Å². The molecule has 1 aliphatic carbocycles. The van der Waals surface area contributed by atoms with Gasteiger partial charge in [-0.2, -0.15) is 0 Å². The van der Waals surface area contributed by atoms with Gasteiger partial charge in [0.2, 0.25) is 0 Å². The van der Waals surface area contributed by atoms with E-state index in [2.05, 4.69) is 38.4 Å². The fourth-order valence-electron chi connectivity index (χ4n) is 4.50. The summed E-state index contributed by atoms with van der Waals surface area (Å²) in [6, 6.07) is 1.55. The average molecular weight is 331 g/mol. The highest BCUT2D eigenvalue weighted by atomic mass is 16.2. The molecule has 132 valence electrons. The molecule has 3 atom stereocenters. The number of hydrogen-bond acceptors (Lipinski definition) is 3. The van der Waals surface area contributed by atoms with E-state index in [1.807, 2.05) is 6.33 Å². The Morgan fingerprint density at radius 3 is 2.54 bits per heavy atom. The molecular formula is C18H29N5O. The summed E-state index contributed by atoms with van der Waals surface area (Å²) in [7, 11) is 0. The maximum atomic E-state index is 13.1. The molecule has 2 saturated heterocycles. The SMILES string of the molecule is C[C@@H]1CCC[C@@H](C)N1C(=O)N1CCC[C@@H](c2nncn2C2CC2)C1. The van der Waals surface area contributed by atoms with Gasteiger partial charge in [0.25, 0.3) is 0 Å². The van der Waals surface area contributed by atoms with E-state index in [1.54, 1.807) is 0 Å². The van der Waals surface area contributed by atoms with Crippen LogP contribution in [0.5, 0.6) is 0 Å². The Hall–Kier alpha value is -1.59. The molecule has 1 aromatic heterocycles. The number of aromatic nitrogens is 3. The summed E-state index contributed by atoms with van der Waals surface area (Å²) < 4.78 is 2.25. The topological polar surface area (TPSA) is 54.3 Å². The molecule has 0 unspecified atom stereocenters. The second-order valence-electron chi connectivity index (χ2n) is 7.93. The van der Waals surface area contributed by atoms with Crippen LogP contribution < -0.4 is 0 Å².